The molecule has 0 saturated carbocycles. The molecule has 666 valence electrons. The van der Waals surface area contributed by atoms with Crippen LogP contribution in [0.3, 0.4) is 0 Å². The average molecular weight is 1670 g/mol. The Morgan fingerprint density at radius 3 is 1.87 bits per heavy atom. The lowest BCUT2D eigenvalue weighted by molar-refractivity contribution is -0.142. The third-order valence-electron chi connectivity index (χ3n) is 22.6. The first kappa shape index (κ1) is 101. The van der Waals surface area contributed by atoms with Crippen molar-refractivity contribution in [3.05, 3.63) is 102 Å². The van der Waals surface area contributed by atoms with Crippen LogP contribution in [0, 0.1) is 17.8 Å². The number of rotatable bonds is 55. The SMILES string of the molecule is CCCCCCCCCC(=O)NCCC(=O)N(C)CC(=O)N(C)CC(=O)N[C@H](C)CCCCNC(=O)CCCC(=O)N[C@@H](Cc1c[nH]c2ccccc12)C(=O)N[C@@H](CCCC)C(=O)Nc1ccc(COC(=O)N(C)CC(=O)N[C@H](C(=O)N(C)[C@H](CCC(=O)N2CCC[C@H]2[C@H](OC)[C@@H](C)C(=O)N[C@H](C)[C@@H](O)c2ccccc2)[C@@H](C)CC)C(C)C)cc1. The lowest BCUT2D eigenvalue weighted by atomic mass is 9.91. The number of likely N-dealkylation sites (tertiary alicyclic amines) is 1. The summed E-state index contributed by atoms with van der Waals surface area (Å²) in [6.45, 7) is 17.1. The fourth-order valence-corrected chi connectivity index (χ4v) is 15.0. The van der Waals surface area contributed by atoms with E-state index in [1.807, 2.05) is 84.0 Å². The van der Waals surface area contributed by atoms with Crippen LogP contribution < -0.4 is 42.5 Å². The van der Waals surface area contributed by atoms with Gasteiger partial charge >= 0.3 is 6.09 Å². The van der Waals surface area contributed by atoms with Crippen LogP contribution in [0.4, 0.5) is 10.5 Å². The fraction of sp³-hybridized carbons (Fsp3) is 0.633. The van der Waals surface area contributed by atoms with E-state index in [9.17, 15) is 67.4 Å². The number of fused-ring (bicyclic) bond motifs is 1. The second-order valence-electron chi connectivity index (χ2n) is 32.8. The van der Waals surface area contributed by atoms with E-state index in [0.717, 1.165) is 47.0 Å². The molecule has 11 atom stereocenters. The third-order valence-corrected chi connectivity index (χ3v) is 22.6. The van der Waals surface area contributed by atoms with Crippen molar-refractivity contribution in [2.45, 2.75) is 278 Å². The molecule has 4 aromatic rings. The van der Waals surface area contributed by atoms with Gasteiger partial charge in [-0.15, -0.1) is 0 Å². The van der Waals surface area contributed by atoms with Crippen molar-refractivity contribution in [1.29, 1.82) is 0 Å². The van der Waals surface area contributed by atoms with Gasteiger partial charge in [0.1, 0.15) is 31.3 Å². The normalized spacial score (nSPS) is 15.1. The Bertz CT molecular complexity index is 3900. The molecule has 0 aliphatic carbocycles. The van der Waals surface area contributed by atoms with Crippen molar-refractivity contribution < 1.29 is 76.9 Å². The molecular formula is C90H140N14O16. The predicted octanol–water partition coefficient (Wildman–Crippen LogP) is 9.28. The van der Waals surface area contributed by atoms with Gasteiger partial charge in [0.2, 0.25) is 70.9 Å². The second kappa shape index (κ2) is 53.6. The Labute approximate surface area is 710 Å². The maximum Gasteiger partial charge on any atom is 0.410 e. The van der Waals surface area contributed by atoms with E-state index in [0.29, 0.717) is 87.7 Å². The van der Waals surface area contributed by atoms with Crippen LogP contribution in [0.25, 0.3) is 10.9 Å². The van der Waals surface area contributed by atoms with Gasteiger partial charge in [-0.1, -0.05) is 167 Å². The number of carbonyl (C=O) groups excluding carboxylic acids is 13. The lowest BCUT2D eigenvalue weighted by Crippen LogP contribution is -2.55. The molecular weight excluding hydrogens is 1530 g/mol. The minimum Gasteiger partial charge on any atom is -0.445 e. The summed E-state index contributed by atoms with van der Waals surface area (Å²) in [7, 11) is 7.61. The number of aromatic nitrogens is 1. The van der Waals surface area contributed by atoms with Crippen LogP contribution in [-0.4, -0.2) is 235 Å². The number of aliphatic hydroxyl groups is 1. The number of carbonyl (C=O) groups is 13. The summed E-state index contributed by atoms with van der Waals surface area (Å²) in [6, 6.07) is 18.5. The number of unbranched alkanes of at least 4 members (excludes halogenated alkanes) is 8. The molecule has 30 heteroatoms. The van der Waals surface area contributed by atoms with E-state index in [1.165, 1.54) is 63.7 Å². The summed E-state index contributed by atoms with van der Waals surface area (Å²) in [6.07, 6.45) is 13.9. The van der Waals surface area contributed by atoms with Gasteiger partial charge in [-0.05, 0) is 118 Å². The van der Waals surface area contributed by atoms with Crippen molar-refractivity contribution in [3.63, 3.8) is 0 Å². The number of nitrogens with zero attached hydrogens (tertiary/aromatic N) is 5. The third kappa shape index (κ3) is 34.6. The number of hydrogen-bond donors (Lipinski definition) is 10. The molecule has 0 radical (unpaired) electrons. The molecule has 10 N–H and O–H groups in total. The Kier molecular flexibility index (Phi) is 45.0. The van der Waals surface area contributed by atoms with Gasteiger partial charge < -0.3 is 86.6 Å². The molecule has 1 fully saturated rings. The van der Waals surface area contributed by atoms with Gasteiger partial charge in [-0.3, -0.25) is 57.5 Å². The van der Waals surface area contributed by atoms with Gasteiger partial charge in [-0.2, -0.15) is 0 Å². The highest BCUT2D eigenvalue weighted by Crippen LogP contribution is 2.30. The first-order chi connectivity index (χ1) is 57.3. The van der Waals surface area contributed by atoms with E-state index in [1.54, 1.807) is 73.3 Å². The highest BCUT2D eigenvalue weighted by Gasteiger charge is 2.42. The van der Waals surface area contributed by atoms with Crippen molar-refractivity contribution >= 4 is 93.6 Å². The maximum absolute atomic E-state index is 14.4. The zero-order chi connectivity index (χ0) is 88.4. The first-order valence-electron chi connectivity index (χ1n) is 43.5. The number of likely N-dealkylation sites (N-methyl/N-ethyl adjacent to an activating group) is 4. The van der Waals surface area contributed by atoms with Crippen LogP contribution in [0.15, 0.2) is 85.1 Å². The molecule has 3 aromatic carbocycles. The zero-order valence-corrected chi connectivity index (χ0v) is 73.7. The number of amides is 13. The number of methoxy groups -OCH3 is 1. The molecule has 1 aliphatic heterocycles. The van der Waals surface area contributed by atoms with E-state index >= 15 is 0 Å². The Balaban J connectivity index is 1.04. The number of ether oxygens (including phenoxy) is 2. The van der Waals surface area contributed by atoms with Gasteiger partial charge in [0.25, 0.3) is 0 Å². The maximum atomic E-state index is 14.4. The largest absolute Gasteiger partial charge is 0.445 e. The highest BCUT2D eigenvalue weighted by molar-refractivity contribution is 5.99. The summed E-state index contributed by atoms with van der Waals surface area (Å²) in [5, 5.41) is 34.8. The number of aromatic amines is 1. The smallest absolute Gasteiger partial charge is 0.410 e. The van der Waals surface area contributed by atoms with Crippen LogP contribution in [-0.2, 0) is 80.0 Å². The molecule has 0 unspecified atom stereocenters. The summed E-state index contributed by atoms with van der Waals surface area (Å²) in [4.78, 5) is 185. The molecule has 5 rings (SSSR count). The van der Waals surface area contributed by atoms with Crippen LogP contribution >= 0.6 is 0 Å². The van der Waals surface area contributed by atoms with E-state index in [2.05, 4.69) is 54.4 Å². The van der Waals surface area contributed by atoms with Crippen molar-refractivity contribution in [1.82, 2.24) is 66.7 Å². The van der Waals surface area contributed by atoms with Gasteiger partial charge in [-0.25, -0.2) is 4.79 Å². The summed E-state index contributed by atoms with van der Waals surface area (Å²) >= 11 is 0. The second-order valence-corrected chi connectivity index (χ2v) is 32.8. The van der Waals surface area contributed by atoms with Crippen LogP contribution in [0.2, 0.25) is 0 Å². The number of anilines is 1. The summed E-state index contributed by atoms with van der Waals surface area (Å²) in [5.41, 5.74) is 3.22. The Morgan fingerprint density at radius 2 is 1.19 bits per heavy atom. The Morgan fingerprint density at radius 1 is 0.567 bits per heavy atom. The molecule has 0 spiro atoms. The topological polar surface area (TPSA) is 389 Å². The van der Waals surface area contributed by atoms with Crippen LogP contribution in [0.5, 0.6) is 0 Å². The monoisotopic (exact) mass is 1670 g/mol. The summed E-state index contributed by atoms with van der Waals surface area (Å²) in [5.74, 6) is -5.37. The molecule has 13 amide bonds. The van der Waals surface area contributed by atoms with Gasteiger partial charge in [0.15, 0.2) is 0 Å². The van der Waals surface area contributed by atoms with Gasteiger partial charge in [0.05, 0.1) is 43.3 Å². The molecule has 1 aliphatic rings. The molecule has 120 heavy (non-hydrogen) atoms. The van der Waals surface area contributed by atoms with Gasteiger partial charge in [0, 0.05) is 128 Å². The number of H-pyrrole nitrogens is 1. The minimum atomic E-state index is -1.11. The number of para-hydroxylation sites is 1. The predicted molar refractivity (Wildman–Crippen MR) is 463 cm³/mol. The van der Waals surface area contributed by atoms with Crippen molar-refractivity contribution in [3.8, 4) is 0 Å². The quantitative estimate of drug-likeness (QED) is 0.0184. The zero-order valence-electron chi connectivity index (χ0n) is 73.7. The van der Waals surface area contributed by atoms with E-state index in [-0.39, 0.29) is 142 Å². The van der Waals surface area contributed by atoms with E-state index < -0.39 is 84.5 Å². The van der Waals surface area contributed by atoms with Crippen molar-refractivity contribution in [2.75, 3.05) is 79.9 Å². The minimum absolute atomic E-state index is 0.0274. The average Bonchev–Trinajstić information content (AvgIpc) is 1.66. The van der Waals surface area contributed by atoms with E-state index in [4.69, 9.17) is 9.47 Å². The number of aliphatic hydroxyl groups excluding tert-OH is 1. The lowest BCUT2D eigenvalue weighted by Gasteiger charge is -2.37. The van der Waals surface area contributed by atoms with Crippen LogP contribution in [0.1, 0.15) is 233 Å². The number of benzene rings is 3. The molecule has 1 aromatic heterocycles. The summed E-state index contributed by atoms with van der Waals surface area (Å²) < 4.78 is 11.5. The molecule has 30 nitrogen and oxygen atoms in total. The molecule has 1 saturated heterocycles. The number of nitrogens with one attached hydrogen (secondary N) is 9. The highest BCUT2D eigenvalue weighted by atomic mass is 16.6. The molecule has 0 bridgehead atoms. The first-order valence-corrected chi connectivity index (χ1v) is 43.5. The fourth-order valence-electron chi connectivity index (χ4n) is 15.0. The molecule has 2 heterocycles. The Hall–Kier alpha value is -9.97. The standard InChI is InChI=1S/C90H140N14O16/c1-15-18-20-21-22-23-27-41-75(105)92-52-50-80(110)101(11)58-82(112)100(10)56-78(108)94-62(7)34-30-31-51-91-76(106)42-32-43-77(107)97-72(54-67-55-93-70-39-29-28-37-69(67)70)88(116)98-71(38-19-16-2)87(115)96-68-46-44-65(45-47-68)59-120-90(118)102(12)57-79(109)99-83(60(4)5)89(117)103(13)73(61(6)17-3)48-49-81(111)104-53-33-40-74(104)85(119-14)63(8)86(114)95-64(9)84(113)66-35-25-24-26-36-66/h24-26,28-29,35-37,39,44-47,55,60-64,71-74,83-85,93,113H,15-23,27,30-34,38,40-43,48-54,56-59H2,1-14H3,(H,91,106)(H,92,105)(H,94,108)(H,95,114)(H,96,115)(H,97,107)(H,98,116)(H,99,109)/t61-,62+,63+,64+,71-,72-,73+,74-,83-,84+,85+/m0/s1. The van der Waals surface area contributed by atoms with Crippen molar-refractivity contribution in [2.24, 2.45) is 17.8 Å². The number of hydrogen-bond acceptors (Lipinski definition) is 16.